The van der Waals surface area contributed by atoms with Crippen molar-refractivity contribution in [2.75, 3.05) is 13.1 Å². The number of hydrogen-bond acceptors (Lipinski definition) is 3. The number of rotatable bonds is 7. The molecule has 0 saturated carbocycles. The smallest absolute Gasteiger partial charge is 0.254 e. The highest BCUT2D eigenvalue weighted by Gasteiger charge is 2.25. The van der Waals surface area contributed by atoms with E-state index in [0.29, 0.717) is 13.1 Å². The lowest BCUT2D eigenvalue weighted by molar-refractivity contribution is -0.144. The summed E-state index contributed by atoms with van der Waals surface area (Å²) in [4.78, 5) is 13.3. The Hall–Kier alpha value is -0.870. The summed E-state index contributed by atoms with van der Waals surface area (Å²) >= 11 is 0. The van der Waals surface area contributed by atoms with Crippen molar-refractivity contribution in [2.24, 2.45) is 0 Å². The molecule has 0 aliphatic rings. The topological polar surface area (TPSA) is 60.8 Å². The normalized spacial score (nSPS) is 14.4. The van der Waals surface area contributed by atoms with Crippen LogP contribution in [0.3, 0.4) is 0 Å². The lowest BCUT2D eigenvalue weighted by atomic mass is 10.1. The van der Waals surface area contributed by atoms with Crippen LogP contribution in [0, 0.1) is 0 Å². The van der Waals surface area contributed by atoms with Gasteiger partial charge in [0, 0.05) is 13.1 Å². The summed E-state index contributed by atoms with van der Waals surface area (Å²) in [7, 11) is 0. The molecule has 88 valence electrons. The molecule has 2 atom stereocenters. The Morgan fingerprint density at radius 3 is 2.13 bits per heavy atom. The van der Waals surface area contributed by atoms with Gasteiger partial charge >= 0.3 is 0 Å². The highest BCUT2D eigenvalue weighted by Crippen LogP contribution is 2.03. The molecular formula is C11H21NO3. The van der Waals surface area contributed by atoms with Crippen LogP contribution >= 0.6 is 0 Å². The van der Waals surface area contributed by atoms with Crippen molar-refractivity contribution >= 4 is 5.91 Å². The van der Waals surface area contributed by atoms with Crippen LogP contribution in [-0.2, 0) is 4.79 Å². The van der Waals surface area contributed by atoms with Gasteiger partial charge < -0.3 is 15.1 Å². The van der Waals surface area contributed by atoms with E-state index >= 15 is 0 Å². The second-order valence-electron chi connectivity index (χ2n) is 3.50. The molecule has 0 rings (SSSR count). The van der Waals surface area contributed by atoms with Crippen LogP contribution in [0.1, 0.15) is 26.7 Å². The summed E-state index contributed by atoms with van der Waals surface area (Å²) in [6.45, 7) is 8.47. The zero-order valence-corrected chi connectivity index (χ0v) is 9.52. The van der Waals surface area contributed by atoms with Gasteiger partial charge in [-0.2, -0.15) is 0 Å². The van der Waals surface area contributed by atoms with Gasteiger partial charge in [0.15, 0.2) is 6.10 Å². The van der Waals surface area contributed by atoms with Gasteiger partial charge in [-0.3, -0.25) is 4.79 Å². The molecule has 4 heteroatoms. The lowest BCUT2D eigenvalue weighted by Gasteiger charge is -2.25. The summed E-state index contributed by atoms with van der Waals surface area (Å²) in [6.07, 6.45) is 0.263. The van der Waals surface area contributed by atoms with Crippen molar-refractivity contribution in [1.29, 1.82) is 0 Å². The molecule has 0 spiro atoms. The molecule has 0 aliphatic heterocycles. The Morgan fingerprint density at radius 1 is 1.33 bits per heavy atom. The third-order valence-electron chi connectivity index (χ3n) is 2.12. The predicted octanol–water partition coefficient (Wildman–Crippen LogP) is 0.543. The largest absolute Gasteiger partial charge is 0.386 e. The Balaban J connectivity index is 4.40. The first-order valence-corrected chi connectivity index (χ1v) is 5.35. The van der Waals surface area contributed by atoms with Crippen molar-refractivity contribution in [1.82, 2.24) is 4.90 Å². The fraction of sp³-hybridized carbons (Fsp3) is 0.727. The van der Waals surface area contributed by atoms with E-state index in [1.807, 2.05) is 13.8 Å². The first kappa shape index (κ1) is 14.1. The molecule has 0 aromatic heterocycles. The summed E-state index contributed by atoms with van der Waals surface area (Å²) < 4.78 is 0. The number of amides is 1. The first-order valence-electron chi connectivity index (χ1n) is 5.35. The van der Waals surface area contributed by atoms with Gasteiger partial charge in [-0.1, -0.05) is 19.9 Å². The van der Waals surface area contributed by atoms with E-state index in [4.69, 9.17) is 0 Å². The quantitative estimate of drug-likeness (QED) is 0.609. The Bertz CT molecular complexity index is 200. The fourth-order valence-electron chi connectivity index (χ4n) is 1.33. The van der Waals surface area contributed by atoms with Crippen LogP contribution in [-0.4, -0.2) is 46.3 Å². The standard InChI is InChI=1S/C11H21NO3/c1-4-7-12(8-5-2)11(15)10(14)9(13)6-3/h6,9-10,13-14H,3-5,7-8H2,1-2H3/t9-,10-/m1/s1. The Morgan fingerprint density at radius 2 is 1.80 bits per heavy atom. The molecule has 0 saturated heterocycles. The van der Waals surface area contributed by atoms with Crippen molar-refractivity contribution in [3.8, 4) is 0 Å². The van der Waals surface area contributed by atoms with Gasteiger partial charge in [-0.05, 0) is 12.8 Å². The molecule has 0 heterocycles. The number of carbonyl (C=O) groups is 1. The van der Waals surface area contributed by atoms with Crippen LogP contribution in [0.25, 0.3) is 0 Å². The maximum Gasteiger partial charge on any atom is 0.254 e. The second kappa shape index (κ2) is 7.43. The van der Waals surface area contributed by atoms with Gasteiger partial charge in [0.2, 0.25) is 0 Å². The summed E-state index contributed by atoms with van der Waals surface area (Å²) in [5.41, 5.74) is 0. The van der Waals surface area contributed by atoms with Crippen LogP contribution < -0.4 is 0 Å². The van der Waals surface area contributed by atoms with Crippen molar-refractivity contribution < 1.29 is 15.0 Å². The average molecular weight is 215 g/mol. The highest BCUT2D eigenvalue weighted by atomic mass is 16.3. The predicted molar refractivity (Wildman–Crippen MR) is 59.4 cm³/mol. The highest BCUT2D eigenvalue weighted by molar-refractivity contribution is 5.81. The molecule has 1 amide bonds. The molecule has 4 nitrogen and oxygen atoms in total. The molecular weight excluding hydrogens is 194 g/mol. The number of carbonyl (C=O) groups excluding carboxylic acids is 1. The van der Waals surface area contributed by atoms with Gasteiger partial charge in [0.05, 0.1) is 0 Å². The van der Waals surface area contributed by atoms with Crippen LogP contribution in [0.5, 0.6) is 0 Å². The minimum Gasteiger partial charge on any atom is -0.386 e. The fourth-order valence-corrected chi connectivity index (χ4v) is 1.33. The molecule has 0 radical (unpaired) electrons. The zero-order valence-electron chi connectivity index (χ0n) is 9.52. The number of nitrogens with zero attached hydrogens (tertiary/aromatic N) is 1. The maximum atomic E-state index is 11.7. The van der Waals surface area contributed by atoms with Gasteiger partial charge in [-0.25, -0.2) is 0 Å². The molecule has 0 aromatic carbocycles. The molecule has 0 aliphatic carbocycles. The van der Waals surface area contributed by atoms with E-state index in [2.05, 4.69) is 6.58 Å². The lowest BCUT2D eigenvalue weighted by Crippen LogP contribution is -2.44. The van der Waals surface area contributed by atoms with Crippen LogP contribution in [0.2, 0.25) is 0 Å². The third kappa shape index (κ3) is 4.44. The number of hydrogen-bond donors (Lipinski definition) is 2. The van der Waals surface area contributed by atoms with Gasteiger partial charge in [0.25, 0.3) is 5.91 Å². The molecule has 15 heavy (non-hydrogen) atoms. The van der Waals surface area contributed by atoms with Crippen molar-refractivity contribution in [3.63, 3.8) is 0 Å². The van der Waals surface area contributed by atoms with Crippen molar-refractivity contribution in [3.05, 3.63) is 12.7 Å². The van der Waals surface area contributed by atoms with Gasteiger partial charge in [0.1, 0.15) is 6.10 Å². The van der Waals surface area contributed by atoms with Gasteiger partial charge in [-0.15, -0.1) is 6.58 Å². The molecule has 0 aromatic rings. The van der Waals surface area contributed by atoms with E-state index in [1.165, 1.54) is 6.08 Å². The number of aliphatic hydroxyl groups excluding tert-OH is 2. The molecule has 2 N–H and O–H groups in total. The average Bonchev–Trinajstić information content (AvgIpc) is 2.25. The van der Waals surface area contributed by atoms with E-state index in [0.717, 1.165) is 12.8 Å². The van der Waals surface area contributed by atoms with Crippen molar-refractivity contribution in [2.45, 2.75) is 38.9 Å². The molecule has 0 unspecified atom stereocenters. The second-order valence-corrected chi connectivity index (χ2v) is 3.50. The zero-order chi connectivity index (χ0) is 11.8. The summed E-state index contributed by atoms with van der Waals surface area (Å²) in [6, 6.07) is 0. The SMILES string of the molecule is C=C[C@@H](O)[C@@H](O)C(=O)N(CCC)CCC. The summed E-state index contributed by atoms with van der Waals surface area (Å²) in [5, 5.41) is 18.8. The minimum atomic E-state index is -1.39. The van der Waals surface area contributed by atoms with E-state index in [-0.39, 0.29) is 0 Å². The molecule has 0 fully saturated rings. The Labute approximate surface area is 91.2 Å². The minimum absolute atomic E-state index is 0.425. The Kier molecular flexibility index (Phi) is 6.99. The molecule has 0 bridgehead atoms. The number of aliphatic hydroxyl groups is 2. The van der Waals surface area contributed by atoms with E-state index in [1.54, 1.807) is 4.90 Å². The van der Waals surface area contributed by atoms with Crippen LogP contribution in [0.15, 0.2) is 12.7 Å². The van der Waals surface area contributed by atoms with E-state index < -0.39 is 18.1 Å². The van der Waals surface area contributed by atoms with Crippen LogP contribution in [0.4, 0.5) is 0 Å². The summed E-state index contributed by atoms with van der Waals surface area (Å²) in [5.74, 6) is -0.425. The van der Waals surface area contributed by atoms with E-state index in [9.17, 15) is 15.0 Å². The monoisotopic (exact) mass is 215 g/mol. The third-order valence-corrected chi connectivity index (χ3v) is 2.12. The maximum absolute atomic E-state index is 11.7. The first-order chi connectivity index (χ1) is 7.08.